The van der Waals surface area contributed by atoms with Crippen LogP contribution < -0.4 is 10.6 Å². The zero-order valence-electron chi connectivity index (χ0n) is 21.6. The second-order valence-corrected chi connectivity index (χ2v) is 10.2. The molecule has 1 aliphatic heterocycles. The fraction of sp³-hybridized carbons (Fsp3) is 0.345. The molecule has 0 saturated heterocycles. The molecule has 1 aromatic heterocycles. The Kier molecular flexibility index (Phi) is 6.60. The first kappa shape index (κ1) is 24.8. The maximum atomic E-state index is 13.2. The van der Waals surface area contributed by atoms with Crippen LogP contribution in [0.25, 0.3) is 0 Å². The van der Waals surface area contributed by atoms with Crippen molar-refractivity contribution in [3.63, 3.8) is 0 Å². The molecule has 1 saturated carbocycles. The van der Waals surface area contributed by atoms with Gasteiger partial charge in [0.1, 0.15) is 5.69 Å². The first-order valence-corrected chi connectivity index (χ1v) is 12.7. The second kappa shape index (κ2) is 9.86. The zero-order valence-corrected chi connectivity index (χ0v) is 21.6. The van der Waals surface area contributed by atoms with E-state index in [1.807, 2.05) is 36.4 Å². The van der Waals surface area contributed by atoms with Gasteiger partial charge < -0.3 is 20.1 Å². The minimum Gasteiger partial charge on any atom is -0.345 e. The molecule has 5 rings (SSSR count). The SMILES string of the molecule is CC(=O)Nc1cccc(NC(=O)c2ccc3n2CCN(Cc2ccc(C(=O)N(C)C)cc2)C32CCC2)c1. The number of rotatable bonds is 6. The Morgan fingerprint density at radius 2 is 1.62 bits per heavy atom. The van der Waals surface area contributed by atoms with Gasteiger partial charge in [0.15, 0.2) is 0 Å². The first-order chi connectivity index (χ1) is 17.8. The molecule has 37 heavy (non-hydrogen) atoms. The normalized spacial score (nSPS) is 16.0. The Labute approximate surface area is 217 Å². The fourth-order valence-corrected chi connectivity index (χ4v) is 5.53. The van der Waals surface area contributed by atoms with E-state index in [4.69, 9.17) is 0 Å². The average Bonchev–Trinajstić information content (AvgIpc) is 3.27. The van der Waals surface area contributed by atoms with Crippen LogP contribution in [0.15, 0.2) is 60.7 Å². The maximum Gasteiger partial charge on any atom is 0.272 e. The monoisotopic (exact) mass is 499 g/mol. The third kappa shape index (κ3) is 4.76. The van der Waals surface area contributed by atoms with Gasteiger partial charge in [0.25, 0.3) is 11.8 Å². The van der Waals surface area contributed by atoms with Crippen molar-refractivity contribution in [2.45, 2.75) is 44.8 Å². The third-order valence-corrected chi connectivity index (χ3v) is 7.49. The molecule has 3 amide bonds. The topological polar surface area (TPSA) is 86.7 Å². The second-order valence-electron chi connectivity index (χ2n) is 10.2. The molecule has 0 unspecified atom stereocenters. The van der Waals surface area contributed by atoms with Crippen molar-refractivity contribution in [1.29, 1.82) is 0 Å². The summed E-state index contributed by atoms with van der Waals surface area (Å²) in [5, 5.41) is 5.74. The summed E-state index contributed by atoms with van der Waals surface area (Å²) in [6.45, 7) is 3.84. The van der Waals surface area contributed by atoms with Gasteiger partial charge in [-0.2, -0.15) is 0 Å². The number of amides is 3. The number of benzene rings is 2. The highest BCUT2D eigenvalue weighted by atomic mass is 16.2. The van der Waals surface area contributed by atoms with E-state index in [1.165, 1.54) is 18.2 Å². The molecule has 1 spiro atoms. The number of hydrogen-bond donors (Lipinski definition) is 2. The molecular formula is C29H33N5O3. The lowest BCUT2D eigenvalue weighted by molar-refractivity contribution is -0.114. The summed E-state index contributed by atoms with van der Waals surface area (Å²) in [6, 6.07) is 19.1. The van der Waals surface area contributed by atoms with Gasteiger partial charge in [0.2, 0.25) is 5.91 Å². The van der Waals surface area contributed by atoms with Gasteiger partial charge in [0, 0.05) is 63.3 Å². The van der Waals surface area contributed by atoms with Crippen LogP contribution in [0.1, 0.15) is 58.3 Å². The molecule has 1 aliphatic carbocycles. The zero-order chi connectivity index (χ0) is 26.2. The average molecular weight is 500 g/mol. The van der Waals surface area contributed by atoms with Crippen LogP contribution in [0.2, 0.25) is 0 Å². The van der Waals surface area contributed by atoms with Crippen molar-refractivity contribution in [3.8, 4) is 0 Å². The summed E-state index contributed by atoms with van der Waals surface area (Å²) >= 11 is 0. The fourth-order valence-electron chi connectivity index (χ4n) is 5.53. The van der Waals surface area contributed by atoms with Crippen LogP contribution in [0.3, 0.4) is 0 Å². The van der Waals surface area contributed by atoms with Crippen molar-refractivity contribution >= 4 is 29.1 Å². The lowest BCUT2D eigenvalue weighted by atomic mass is 9.71. The van der Waals surface area contributed by atoms with Gasteiger partial charge >= 0.3 is 0 Å². The summed E-state index contributed by atoms with van der Waals surface area (Å²) in [6.07, 6.45) is 3.29. The quantitative estimate of drug-likeness (QED) is 0.530. The van der Waals surface area contributed by atoms with E-state index in [9.17, 15) is 14.4 Å². The molecule has 1 fully saturated rings. The molecule has 3 aromatic rings. The van der Waals surface area contributed by atoms with Crippen LogP contribution in [0.5, 0.6) is 0 Å². The largest absolute Gasteiger partial charge is 0.345 e. The first-order valence-electron chi connectivity index (χ1n) is 12.7. The number of anilines is 2. The molecule has 8 heteroatoms. The smallest absolute Gasteiger partial charge is 0.272 e. The third-order valence-electron chi connectivity index (χ3n) is 7.49. The van der Waals surface area contributed by atoms with Crippen LogP contribution in [-0.2, 0) is 23.4 Å². The van der Waals surface area contributed by atoms with E-state index in [2.05, 4.69) is 26.2 Å². The van der Waals surface area contributed by atoms with Crippen molar-refractivity contribution in [2.24, 2.45) is 0 Å². The van der Waals surface area contributed by atoms with Gasteiger partial charge in [-0.15, -0.1) is 0 Å². The molecule has 8 nitrogen and oxygen atoms in total. The predicted molar refractivity (Wildman–Crippen MR) is 144 cm³/mol. The van der Waals surface area contributed by atoms with Crippen molar-refractivity contribution in [1.82, 2.24) is 14.4 Å². The summed E-state index contributed by atoms with van der Waals surface area (Å²) in [7, 11) is 3.52. The lowest BCUT2D eigenvalue weighted by Crippen LogP contribution is -2.56. The highest BCUT2D eigenvalue weighted by Crippen LogP contribution is 2.49. The Balaban J connectivity index is 1.33. The highest BCUT2D eigenvalue weighted by Gasteiger charge is 2.48. The van der Waals surface area contributed by atoms with Crippen molar-refractivity contribution in [3.05, 3.63) is 83.2 Å². The van der Waals surface area contributed by atoms with E-state index in [-0.39, 0.29) is 23.3 Å². The minimum atomic E-state index is -0.157. The van der Waals surface area contributed by atoms with Crippen LogP contribution in [0.4, 0.5) is 11.4 Å². The molecule has 0 atom stereocenters. The number of hydrogen-bond acceptors (Lipinski definition) is 4. The predicted octanol–water partition coefficient (Wildman–Crippen LogP) is 4.30. The summed E-state index contributed by atoms with van der Waals surface area (Å²) in [5.41, 5.74) is 4.93. The molecular weight excluding hydrogens is 466 g/mol. The number of nitrogens with zero attached hydrogens (tertiary/aromatic N) is 3. The van der Waals surface area contributed by atoms with E-state index >= 15 is 0 Å². The van der Waals surface area contributed by atoms with E-state index < -0.39 is 0 Å². The lowest BCUT2D eigenvalue weighted by Gasteiger charge is -2.53. The van der Waals surface area contributed by atoms with E-state index in [0.717, 1.165) is 38.9 Å². The molecule has 2 aromatic carbocycles. The van der Waals surface area contributed by atoms with Gasteiger partial charge in [-0.05, 0) is 67.3 Å². The number of nitrogens with one attached hydrogen (secondary N) is 2. The molecule has 192 valence electrons. The Morgan fingerprint density at radius 1 is 0.919 bits per heavy atom. The van der Waals surface area contributed by atoms with Crippen LogP contribution in [-0.4, -0.2) is 52.7 Å². The number of carbonyl (C=O) groups excluding carboxylic acids is 3. The number of fused-ring (bicyclic) bond motifs is 2. The van der Waals surface area contributed by atoms with E-state index in [1.54, 1.807) is 37.2 Å². The molecule has 2 aliphatic rings. The maximum absolute atomic E-state index is 13.2. The van der Waals surface area contributed by atoms with E-state index in [0.29, 0.717) is 22.6 Å². The van der Waals surface area contributed by atoms with Crippen LogP contribution in [0, 0.1) is 0 Å². The van der Waals surface area contributed by atoms with Gasteiger partial charge in [-0.1, -0.05) is 18.2 Å². The van der Waals surface area contributed by atoms with Gasteiger partial charge in [-0.3, -0.25) is 19.3 Å². The van der Waals surface area contributed by atoms with Gasteiger partial charge in [0.05, 0.1) is 5.54 Å². The molecule has 0 radical (unpaired) electrons. The van der Waals surface area contributed by atoms with Crippen LogP contribution >= 0.6 is 0 Å². The Hall–Kier alpha value is -3.91. The minimum absolute atomic E-state index is 0.00506. The number of carbonyl (C=O) groups is 3. The highest BCUT2D eigenvalue weighted by molar-refractivity contribution is 6.04. The Bertz CT molecular complexity index is 1340. The summed E-state index contributed by atoms with van der Waals surface area (Å²) in [5.74, 6) is -0.307. The standard InChI is InChI=1S/C29H33N5O3/c1-20(35)30-23-6-4-7-24(18-23)31-27(36)25-12-13-26-29(14-5-15-29)33(16-17-34(25)26)19-21-8-10-22(11-9-21)28(37)32(2)3/h4,6-13,18H,5,14-17,19H2,1-3H3,(H,30,35)(H,31,36). The van der Waals surface area contributed by atoms with Gasteiger partial charge in [-0.25, -0.2) is 0 Å². The van der Waals surface area contributed by atoms with Crippen molar-refractivity contribution in [2.75, 3.05) is 31.3 Å². The molecule has 0 bridgehead atoms. The summed E-state index contributed by atoms with van der Waals surface area (Å²) in [4.78, 5) is 41.0. The summed E-state index contributed by atoms with van der Waals surface area (Å²) < 4.78 is 2.17. The number of aromatic nitrogens is 1. The molecule has 2 N–H and O–H groups in total. The van der Waals surface area contributed by atoms with Crippen molar-refractivity contribution < 1.29 is 14.4 Å². The molecule has 2 heterocycles. The Morgan fingerprint density at radius 3 is 2.24 bits per heavy atom.